The van der Waals surface area contributed by atoms with Gasteiger partial charge in [-0.1, -0.05) is 0 Å². The van der Waals surface area contributed by atoms with Crippen molar-refractivity contribution in [3.05, 3.63) is 29.8 Å². The van der Waals surface area contributed by atoms with E-state index in [0.29, 0.717) is 18.7 Å². The Morgan fingerprint density at radius 1 is 1.26 bits per heavy atom. The second-order valence-electron chi connectivity index (χ2n) is 4.65. The molecule has 0 aliphatic carbocycles. The van der Waals surface area contributed by atoms with Crippen LogP contribution in [0.2, 0.25) is 0 Å². The minimum Gasteiger partial charge on any atom is -0.385 e. The van der Waals surface area contributed by atoms with Crippen molar-refractivity contribution in [3.8, 4) is 0 Å². The second kappa shape index (κ2) is 5.73. The average molecular weight is 261 g/mol. The van der Waals surface area contributed by atoms with Crippen LogP contribution in [0.25, 0.3) is 0 Å². The number of hydrogen-bond acceptors (Lipinski definition) is 3. The molecule has 0 unspecified atom stereocenters. The highest BCUT2D eigenvalue weighted by Gasteiger charge is 2.25. The smallest absolute Gasteiger partial charge is 0.254 e. The summed E-state index contributed by atoms with van der Waals surface area (Å²) in [6, 6.07) is 7.36. The minimum absolute atomic E-state index is 0.0103. The predicted octanol–water partition coefficient (Wildman–Crippen LogP) is 1.03. The van der Waals surface area contributed by atoms with Gasteiger partial charge in [0.25, 0.3) is 5.91 Å². The summed E-state index contributed by atoms with van der Waals surface area (Å²) in [4.78, 5) is 27.1. The number of anilines is 1. The van der Waals surface area contributed by atoms with E-state index < -0.39 is 0 Å². The Hall–Kier alpha value is -2.04. The highest BCUT2D eigenvalue weighted by molar-refractivity contribution is 5.97. The summed E-state index contributed by atoms with van der Waals surface area (Å²) in [5.74, 6) is -0.0895. The molecule has 1 aliphatic heterocycles. The van der Waals surface area contributed by atoms with E-state index in [1.807, 2.05) is 19.1 Å². The first-order valence-corrected chi connectivity index (χ1v) is 6.49. The van der Waals surface area contributed by atoms with Crippen LogP contribution in [-0.4, -0.2) is 54.8 Å². The van der Waals surface area contributed by atoms with Gasteiger partial charge in [0.05, 0.1) is 0 Å². The van der Waals surface area contributed by atoms with Gasteiger partial charge in [0.1, 0.15) is 6.54 Å². The van der Waals surface area contributed by atoms with Gasteiger partial charge in [-0.15, -0.1) is 0 Å². The quantitative estimate of drug-likeness (QED) is 0.884. The van der Waals surface area contributed by atoms with Gasteiger partial charge in [0.15, 0.2) is 0 Å². The van der Waals surface area contributed by atoms with Crippen LogP contribution in [0.3, 0.4) is 0 Å². The van der Waals surface area contributed by atoms with Crippen molar-refractivity contribution >= 4 is 17.5 Å². The van der Waals surface area contributed by atoms with Crippen molar-refractivity contribution in [2.75, 3.05) is 38.5 Å². The SMILES string of the molecule is CCNc1ccc(C(=O)N2CCN(C)C(=O)C2)cc1. The minimum atomic E-state index is -0.0792. The van der Waals surface area contributed by atoms with Crippen molar-refractivity contribution in [3.63, 3.8) is 0 Å². The van der Waals surface area contributed by atoms with E-state index in [0.717, 1.165) is 12.2 Å². The third kappa shape index (κ3) is 3.05. The van der Waals surface area contributed by atoms with E-state index in [9.17, 15) is 9.59 Å². The molecule has 0 atom stereocenters. The summed E-state index contributed by atoms with van der Waals surface area (Å²) in [6.07, 6.45) is 0. The van der Waals surface area contributed by atoms with Crippen molar-refractivity contribution in [2.24, 2.45) is 0 Å². The molecule has 5 heteroatoms. The molecule has 1 N–H and O–H groups in total. The first-order chi connectivity index (χ1) is 9.11. The number of carbonyl (C=O) groups excluding carboxylic acids is 2. The van der Waals surface area contributed by atoms with E-state index >= 15 is 0 Å². The normalized spacial score (nSPS) is 15.6. The number of hydrogen-bond donors (Lipinski definition) is 1. The Morgan fingerprint density at radius 2 is 1.95 bits per heavy atom. The van der Waals surface area contributed by atoms with Crippen molar-refractivity contribution in [2.45, 2.75) is 6.92 Å². The lowest BCUT2D eigenvalue weighted by Crippen LogP contribution is -2.50. The van der Waals surface area contributed by atoms with Crippen LogP contribution < -0.4 is 5.32 Å². The van der Waals surface area contributed by atoms with E-state index in [-0.39, 0.29) is 18.4 Å². The summed E-state index contributed by atoms with van der Waals surface area (Å²) < 4.78 is 0. The standard InChI is InChI=1S/C14H19N3O2/c1-3-15-12-6-4-11(5-7-12)14(19)17-9-8-16(2)13(18)10-17/h4-7,15H,3,8-10H2,1-2H3. The topological polar surface area (TPSA) is 52.7 Å². The zero-order chi connectivity index (χ0) is 13.8. The van der Waals surface area contributed by atoms with Crippen LogP contribution in [0.5, 0.6) is 0 Å². The third-order valence-electron chi connectivity index (χ3n) is 3.26. The molecule has 0 spiro atoms. The highest BCUT2D eigenvalue weighted by Crippen LogP contribution is 2.13. The number of rotatable bonds is 3. The van der Waals surface area contributed by atoms with Crippen LogP contribution in [0.15, 0.2) is 24.3 Å². The van der Waals surface area contributed by atoms with Crippen LogP contribution in [0.1, 0.15) is 17.3 Å². The number of nitrogens with one attached hydrogen (secondary N) is 1. The van der Waals surface area contributed by atoms with E-state index in [1.54, 1.807) is 29.0 Å². The first kappa shape index (κ1) is 13.4. The van der Waals surface area contributed by atoms with Crippen molar-refractivity contribution < 1.29 is 9.59 Å². The van der Waals surface area contributed by atoms with Gasteiger partial charge in [-0.2, -0.15) is 0 Å². The summed E-state index contributed by atoms with van der Waals surface area (Å²) in [5, 5.41) is 3.18. The fourth-order valence-corrected chi connectivity index (χ4v) is 2.05. The number of likely N-dealkylation sites (N-methyl/N-ethyl adjacent to an activating group) is 1. The Balaban J connectivity index is 2.05. The predicted molar refractivity (Wildman–Crippen MR) is 74.1 cm³/mol. The number of amides is 2. The van der Waals surface area contributed by atoms with Gasteiger partial charge >= 0.3 is 0 Å². The maximum atomic E-state index is 12.3. The average Bonchev–Trinajstić information content (AvgIpc) is 2.42. The zero-order valence-corrected chi connectivity index (χ0v) is 11.3. The van der Waals surface area contributed by atoms with Gasteiger partial charge in [-0.05, 0) is 31.2 Å². The maximum Gasteiger partial charge on any atom is 0.254 e. The van der Waals surface area contributed by atoms with Crippen LogP contribution >= 0.6 is 0 Å². The molecule has 1 aromatic rings. The van der Waals surface area contributed by atoms with Crippen LogP contribution in [0.4, 0.5) is 5.69 Å². The molecule has 0 bridgehead atoms. The van der Waals surface area contributed by atoms with Crippen LogP contribution in [0, 0.1) is 0 Å². The molecule has 19 heavy (non-hydrogen) atoms. The number of nitrogens with zero attached hydrogens (tertiary/aromatic N) is 2. The van der Waals surface area contributed by atoms with Gasteiger partial charge < -0.3 is 15.1 Å². The molecule has 102 valence electrons. The molecule has 2 rings (SSSR count). The highest BCUT2D eigenvalue weighted by atomic mass is 16.2. The lowest BCUT2D eigenvalue weighted by atomic mass is 10.1. The lowest BCUT2D eigenvalue weighted by molar-refractivity contribution is -0.133. The van der Waals surface area contributed by atoms with Gasteiger partial charge in [-0.25, -0.2) is 0 Å². The third-order valence-corrected chi connectivity index (χ3v) is 3.26. The molecule has 1 fully saturated rings. The molecule has 1 aliphatic rings. The van der Waals surface area contributed by atoms with Crippen molar-refractivity contribution in [1.82, 2.24) is 9.80 Å². The molecule has 1 saturated heterocycles. The molecule has 0 aromatic heterocycles. The fraction of sp³-hybridized carbons (Fsp3) is 0.429. The Morgan fingerprint density at radius 3 is 2.53 bits per heavy atom. The number of carbonyl (C=O) groups is 2. The van der Waals surface area contributed by atoms with E-state index in [2.05, 4.69) is 5.32 Å². The first-order valence-electron chi connectivity index (χ1n) is 6.49. The number of benzene rings is 1. The largest absolute Gasteiger partial charge is 0.385 e. The Labute approximate surface area is 113 Å². The maximum absolute atomic E-state index is 12.3. The van der Waals surface area contributed by atoms with Gasteiger partial charge in [0.2, 0.25) is 5.91 Å². The Kier molecular flexibility index (Phi) is 4.04. The summed E-state index contributed by atoms with van der Waals surface area (Å²) >= 11 is 0. The molecular formula is C14H19N3O2. The Bertz CT molecular complexity index is 470. The number of piperazine rings is 1. The summed E-state index contributed by atoms with van der Waals surface area (Å²) in [7, 11) is 1.76. The summed E-state index contributed by atoms with van der Waals surface area (Å²) in [5.41, 5.74) is 1.62. The molecular weight excluding hydrogens is 242 g/mol. The van der Waals surface area contributed by atoms with Crippen LogP contribution in [-0.2, 0) is 4.79 Å². The van der Waals surface area contributed by atoms with Gasteiger partial charge in [0, 0.05) is 37.9 Å². The zero-order valence-electron chi connectivity index (χ0n) is 11.3. The summed E-state index contributed by atoms with van der Waals surface area (Å²) in [6.45, 7) is 4.23. The molecule has 5 nitrogen and oxygen atoms in total. The van der Waals surface area contributed by atoms with Crippen molar-refractivity contribution in [1.29, 1.82) is 0 Å². The fourth-order valence-electron chi connectivity index (χ4n) is 2.05. The molecule has 0 radical (unpaired) electrons. The van der Waals surface area contributed by atoms with Gasteiger partial charge in [-0.3, -0.25) is 9.59 Å². The molecule has 1 aromatic carbocycles. The lowest BCUT2D eigenvalue weighted by Gasteiger charge is -2.32. The molecule has 0 saturated carbocycles. The molecule has 2 amide bonds. The van der Waals surface area contributed by atoms with E-state index in [4.69, 9.17) is 0 Å². The molecule has 1 heterocycles. The monoisotopic (exact) mass is 261 g/mol. The van der Waals surface area contributed by atoms with E-state index in [1.165, 1.54) is 0 Å². The second-order valence-corrected chi connectivity index (χ2v) is 4.65.